The molecule has 0 unspecified atom stereocenters. The van der Waals surface area contributed by atoms with Crippen molar-refractivity contribution in [2.75, 3.05) is 26.2 Å². The van der Waals surface area contributed by atoms with Gasteiger partial charge < -0.3 is 5.32 Å². The molecule has 0 saturated carbocycles. The van der Waals surface area contributed by atoms with Crippen LogP contribution in [0.25, 0.3) is 21.5 Å². The van der Waals surface area contributed by atoms with Crippen LogP contribution in [0, 0.1) is 0 Å². The molecule has 1 aliphatic heterocycles. The van der Waals surface area contributed by atoms with Crippen LogP contribution in [0.4, 0.5) is 0 Å². The Kier molecular flexibility index (Phi) is 4.82. The topological polar surface area (TPSA) is 15.3 Å². The van der Waals surface area contributed by atoms with Crippen molar-refractivity contribution in [1.82, 2.24) is 10.2 Å². The molecule has 28 heavy (non-hydrogen) atoms. The standard InChI is InChI=1S/C26H26N2/c1-3-12-22-20(8-1)10-5-14-24(22)26(28-18-7-16-27-17-19-28)25-15-6-11-21-9-2-4-13-23(21)25/h1-6,8-15,26-27H,7,16-19H2. The number of hydrogen-bond donors (Lipinski definition) is 1. The van der Waals surface area contributed by atoms with Crippen molar-refractivity contribution >= 4 is 21.5 Å². The van der Waals surface area contributed by atoms with E-state index in [1.54, 1.807) is 0 Å². The number of nitrogens with one attached hydrogen (secondary N) is 1. The molecule has 1 heterocycles. The zero-order valence-corrected chi connectivity index (χ0v) is 16.1. The summed E-state index contributed by atoms with van der Waals surface area (Å²) in [5, 5.41) is 8.93. The minimum Gasteiger partial charge on any atom is -0.315 e. The van der Waals surface area contributed by atoms with E-state index in [1.807, 2.05) is 0 Å². The summed E-state index contributed by atoms with van der Waals surface area (Å²) in [5.74, 6) is 0. The van der Waals surface area contributed by atoms with Crippen LogP contribution < -0.4 is 5.32 Å². The van der Waals surface area contributed by atoms with E-state index in [0.717, 1.165) is 26.2 Å². The van der Waals surface area contributed by atoms with Crippen molar-refractivity contribution in [1.29, 1.82) is 0 Å². The van der Waals surface area contributed by atoms with E-state index in [0.29, 0.717) is 0 Å². The van der Waals surface area contributed by atoms with Crippen molar-refractivity contribution in [2.45, 2.75) is 12.5 Å². The summed E-state index contributed by atoms with van der Waals surface area (Å²) in [6.45, 7) is 4.33. The zero-order valence-electron chi connectivity index (χ0n) is 16.1. The molecule has 1 N–H and O–H groups in total. The van der Waals surface area contributed by atoms with Crippen LogP contribution in [0.2, 0.25) is 0 Å². The molecule has 4 aromatic rings. The highest BCUT2D eigenvalue weighted by atomic mass is 15.2. The van der Waals surface area contributed by atoms with E-state index >= 15 is 0 Å². The number of benzene rings is 4. The Labute approximate surface area is 166 Å². The zero-order chi connectivity index (χ0) is 18.8. The first-order chi connectivity index (χ1) is 13.9. The summed E-state index contributed by atoms with van der Waals surface area (Å²) in [7, 11) is 0. The van der Waals surface area contributed by atoms with Crippen LogP contribution in [0.3, 0.4) is 0 Å². The van der Waals surface area contributed by atoms with Crippen LogP contribution in [-0.2, 0) is 0 Å². The number of rotatable bonds is 3. The molecular weight excluding hydrogens is 340 g/mol. The Morgan fingerprint density at radius 3 is 1.82 bits per heavy atom. The van der Waals surface area contributed by atoms with Gasteiger partial charge in [0.15, 0.2) is 0 Å². The van der Waals surface area contributed by atoms with Crippen molar-refractivity contribution in [3.05, 3.63) is 96.1 Å². The van der Waals surface area contributed by atoms with E-state index in [9.17, 15) is 0 Å². The molecular formula is C26H26N2. The predicted molar refractivity (Wildman–Crippen MR) is 119 cm³/mol. The van der Waals surface area contributed by atoms with Gasteiger partial charge in [0.05, 0.1) is 6.04 Å². The first-order valence-corrected chi connectivity index (χ1v) is 10.3. The second-order valence-corrected chi connectivity index (χ2v) is 7.68. The summed E-state index contributed by atoms with van der Waals surface area (Å²) in [5.41, 5.74) is 2.83. The van der Waals surface area contributed by atoms with E-state index in [-0.39, 0.29) is 6.04 Å². The Morgan fingerprint density at radius 1 is 0.607 bits per heavy atom. The Balaban J connectivity index is 1.75. The van der Waals surface area contributed by atoms with Gasteiger partial charge in [-0.15, -0.1) is 0 Å². The van der Waals surface area contributed by atoms with Gasteiger partial charge in [-0.2, -0.15) is 0 Å². The van der Waals surface area contributed by atoms with Crippen molar-refractivity contribution in [3.8, 4) is 0 Å². The van der Waals surface area contributed by atoms with Gasteiger partial charge in [-0.1, -0.05) is 84.9 Å². The maximum Gasteiger partial charge on any atom is 0.0614 e. The van der Waals surface area contributed by atoms with Crippen LogP contribution in [0.1, 0.15) is 23.6 Å². The van der Waals surface area contributed by atoms with Crippen LogP contribution in [0.5, 0.6) is 0 Å². The van der Waals surface area contributed by atoms with Gasteiger partial charge in [0.25, 0.3) is 0 Å². The third-order valence-electron chi connectivity index (χ3n) is 5.98. The molecule has 1 saturated heterocycles. The molecule has 0 atom stereocenters. The van der Waals surface area contributed by atoms with Gasteiger partial charge in [0, 0.05) is 19.6 Å². The normalized spacial score (nSPS) is 15.9. The molecule has 0 aromatic heterocycles. The van der Waals surface area contributed by atoms with Crippen LogP contribution in [-0.4, -0.2) is 31.1 Å². The molecule has 0 spiro atoms. The van der Waals surface area contributed by atoms with Crippen molar-refractivity contribution in [2.24, 2.45) is 0 Å². The van der Waals surface area contributed by atoms with Crippen LogP contribution in [0.15, 0.2) is 84.9 Å². The molecule has 140 valence electrons. The highest BCUT2D eigenvalue weighted by Gasteiger charge is 2.26. The highest BCUT2D eigenvalue weighted by Crippen LogP contribution is 2.37. The SMILES string of the molecule is c1ccc2c(C(c3cccc4ccccc34)N3CCCNCC3)cccc2c1. The average Bonchev–Trinajstić information content (AvgIpc) is 3.04. The van der Waals surface area contributed by atoms with Gasteiger partial charge in [-0.05, 0) is 45.6 Å². The van der Waals surface area contributed by atoms with E-state index in [4.69, 9.17) is 0 Å². The highest BCUT2D eigenvalue weighted by molar-refractivity contribution is 5.90. The minimum atomic E-state index is 0.261. The van der Waals surface area contributed by atoms with Gasteiger partial charge in [0.1, 0.15) is 0 Å². The number of nitrogens with zero attached hydrogens (tertiary/aromatic N) is 1. The van der Waals surface area contributed by atoms with E-state index in [2.05, 4.69) is 95.1 Å². The fraction of sp³-hybridized carbons (Fsp3) is 0.231. The fourth-order valence-corrected chi connectivity index (χ4v) is 4.66. The molecule has 1 aliphatic rings. The van der Waals surface area contributed by atoms with Crippen LogP contribution >= 0.6 is 0 Å². The first-order valence-electron chi connectivity index (χ1n) is 10.3. The second-order valence-electron chi connectivity index (χ2n) is 7.68. The lowest BCUT2D eigenvalue weighted by atomic mass is 9.89. The molecule has 2 nitrogen and oxygen atoms in total. The van der Waals surface area contributed by atoms with Crippen molar-refractivity contribution < 1.29 is 0 Å². The predicted octanol–water partition coefficient (Wildman–Crippen LogP) is 5.38. The molecule has 2 heteroatoms. The van der Waals surface area contributed by atoms with Gasteiger partial charge >= 0.3 is 0 Å². The van der Waals surface area contributed by atoms with Gasteiger partial charge in [0.2, 0.25) is 0 Å². The maximum atomic E-state index is 3.57. The largest absolute Gasteiger partial charge is 0.315 e. The molecule has 5 rings (SSSR count). The van der Waals surface area contributed by atoms with Gasteiger partial charge in [-0.25, -0.2) is 0 Å². The Hall–Kier alpha value is -2.68. The molecule has 4 aromatic carbocycles. The van der Waals surface area contributed by atoms with Crippen molar-refractivity contribution in [3.63, 3.8) is 0 Å². The third kappa shape index (κ3) is 3.19. The Bertz CT molecular complexity index is 1000. The summed E-state index contributed by atoms with van der Waals surface area (Å²) in [4.78, 5) is 2.67. The first kappa shape index (κ1) is 17.4. The van der Waals surface area contributed by atoms with E-state index < -0.39 is 0 Å². The summed E-state index contributed by atoms with van der Waals surface area (Å²) < 4.78 is 0. The lowest BCUT2D eigenvalue weighted by Crippen LogP contribution is -2.33. The molecule has 0 bridgehead atoms. The molecule has 0 radical (unpaired) electrons. The minimum absolute atomic E-state index is 0.261. The summed E-state index contributed by atoms with van der Waals surface area (Å²) >= 11 is 0. The third-order valence-corrected chi connectivity index (χ3v) is 5.98. The maximum absolute atomic E-state index is 3.57. The summed E-state index contributed by atoms with van der Waals surface area (Å²) in [6, 6.07) is 31.4. The molecule has 0 aliphatic carbocycles. The quantitative estimate of drug-likeness (QED) is 0.524. The summed E-state index contributed by atoms with van der Waals surface area (Å²) in [6.07, 6.45) is 1.19. The van der Waals surface area contributed by atoms with Gasteiger partial charge in [-0.3, -0.25) is 4.90 Å². The number of fused-ring (bicyclic) bond motifs is 2. The fourth-order valence-electron chi connectivity index (χ4n) is 4.66. The monoisotopic (exact) mass is 366 g/mol. The molecule has 0 amide bonds. The lowest BCUT2D eigenvalue weighted by Gasteiger charge is -2.33. The second kappa shape index (κ2) is 7.75. The lowest BCUT2D eigenvalue weighted by molar-refractivity contribution is 0.243. The average molecular weight is 367 g/mol. The molecule has 1 fully saturated rings. The Morgan fingerprint density at radius 2 is 1.18 bits per heavy atom. The van der Waals surface area contributed by atoms with E-state index in [1.165, 1.54) is 39.1 Å². The smallest absolute Gasteiger partial charge is 0.0614 e. The number of hydrogen-bond acceptors (Lipinski definition) is 2.